The van der Waals surface area contributed by atoms with Crippen molar-refractivity contribution in [3.63, 3.8) is 0 Å². The van der Waals surface area contributed by atoms with Crippen molar-refractivity contribution in [3.8, 4) is 0 Å². The number of carboxylic acid groups (broad SMARTS) is 1. The third kappa shape index (κ3) is 3.49. The standard InChI is InChI=1S/C25H28N2O4/c28-13-12-16-14-20-22(15-16)27(24(29)17-6-2-1-3-7-17)21-9-5-4-8-19(21)23(20)26(25(30)31)18-10-11-18/h1-9,16,18,20,22-23,28H,10-15H2,(H,30,31)/t16?,20-,22+,23-/m0/s1. The molecule has 0 radical (unpaired) electrons. The number of rotatable bonds is 5. The van der Waals surface area contributed by atoms with Crippen LogP contribution in [0.5, 0.6) is 0 Å². The molecule has 5 rings (SSSR count). The van der Waals surface area contributed by atoms with Crippen LogP contribution in [0.2, 0.25) is 0 Å². The number of fused-ring (bicyclic) bond motifs is 2. The lowest BCUT2D eigenvalue weighted by atomic mass is 9.81. The first-order valence-corrected chi connectivity index (χ1v) is 11.2. The van der Waals surface area contributed by atoms with Gasteiger partial charge in [0, 0.05) is 35.9 Å². The Kier molecular flexibility index (Phi) is 5.18. The first-order valence-electron chi connectivity index (χ1n) is 11.2. The van der Waals surface area contributed by atoms with Crippen LogP contribution in [-0.4, -0.2) is 45.8 Å². The van der Waals surface area contributed by atoms with E-state index in [9.17, 15) is 19.8 Å². The van der Waals surface area contributed by atoms with Gasteiger partial charge in [0.1, 0.15) is 0 Å². The molecule has 0 aromatic heterocycles. The predicted octanol–water partition coefficient (Wildman–Crippen LogP) is 4.31. The predicted molar refractivity (Wildman–Crippen MR) is 117 cm³/mol. The van der Waals surface area contributed by atoms with Crippen LogP contribution >= 0.6 is 0 Å². The highest BCUT2D eigenvalue weighted by atomic mass is 16.4. The van der Waals surface area contributed by atoms with Crippen molar-refractivity contribution in [1.29, 1.82) is 0 Å². The fourth-order valence-electron chi connectivity index (χ4n) is 5.77. The van der Waals surface area contributed by atoms with Crippen LogP contribution in [-0.2, 0) is 0 Å². The van der Waals surface area contributed by atoms with Crippen LogP contribution in [0.15, 0.2) is 54.6 Å². The summed E-state index contributed by atoms with van der Waals surface area (Å²) in [5.41, 5.74) is 2.38. The third-order valence-electron chi connectivity index (χ3n) is 7.16. The fourth-order valence-corrected chi connectivity index (χ4v) is 5.77. The van der Waals surface area contributed by atoms with Crippen molar-refractivity contribution in [1.82, 2.24) is 4.90 Å². The van der Waals surface area contributed by atoms with E-state index in [0.29, 0.717) is 12.0 Å². The van der Waals surface area contributed by atoms with Gasteiger partial charge in [-0.15, -0.1) is 0 Å². The summed E-state index contributed by atoms with van der Waals surface area (Å²) in [4.78, 5) is 29.6. The van der Waals surface area contributed by atoms with Gasteiger partial charge in [-0.1, -0.05) is 36.4 Å². The van der Waals surface area contributed by atoms with E-state index >= 15 is 0 Å². The molecule has 2 saturated carbocycles. The number of aliphatic hydroxyl groups is 1. The molecule has 2 N–H and O–H groups in total. The maximum atomic E-state index is 13.7. The molecule has 2 aromatic rings. The van der Waals surface area contributed by atoms with E-state index in [1.807, 2.05) is 59.5 Å². The molecule has 1 unspecified atom stereocenters. The minimum absolute atomic E-state index is 0.0239. The van der Waals surface area contributed by atoms with Crippen molar-refractivity contribution >= 4 is 17.7 Å². The van der Waals surface area contributed by atoms with Crippen LogP contribution in [0.25, 0.3) is 0 Å². The van der Waals surface area contributed by atoms with Gasteiger partial charge in [-0.3, -0.25) is 9.69 Å². The lowest BCUT2D eigenvalue weighted by molar-refractivity contribution is 0.0845. The summed E-state index contributed by atoms with van der Waals surface area (Å²) >= 11 is 0. The van der Waals surface area contributed by atoms with Gasteiger partial charge in [0.2, 0.25) is 0 Å². The maximum absolute atomic E-state index is 13.7. The van der Waals surface area contributed by atoms with Gasteiger partial charge in [-0.05, 0) is 61.8 Å². The quantitative estimate of drug-likeness (QED) is 0.755. The second kappa shape index (κ2) is 8.00. The SMILES string of the molecule is O=C(c1ccccc1)N1c2ccccc2[C@H](N(C(=O)O)C2CC2)[C@H]2CC(CCO)C[C@H]21. The average molecular weight is 421 g/mol. The zero-order valence-corrected chi connectivity index (χ0v) is 17.4. The van der Waals surface area contributed by atoms with Crippen molar-refractivity contribution in [2.24, 2.45) is 11.8 Å². The highest BCUT2D eigenvalue weighted by Gasteiger charge is 2.53. The molecule has 3 aliphatic rings. The van der Waals surface area contributed by atoms with E-state index in [0.717, 1.165) is 36.9 Å². The second-order valence-corrected chi connectivity index (χ2v) is 9.05. The first kappa shape index (κ1) is 20.1. The minimum atomic E-state index is -0.880. The number of carbonyl (C=O) groups excluding carboxylic acids is 1. The number of aliphatic hydroxyl groups excluding tert-OH is 1. The van der Waals surface area contributed by atoms with Gasteiger partial charge in [0.25, 0.3) is 5.91 Å². The molecular formula is C25H28N2O4. The van der Waals surface area contributed by atoms with Crippen LogP contribution < -0.4 is 4.90 Å². The van der Waals surface area contributed by atoms with E-state index in [4.69, 9.17) is 0 Å². The molecule has 2 aromatic carbocycles. The highest BCUT2D eigenvalue weighted by molar-refractivity contribution is 6.07. The number of para-hydroxylation sites is 1. The molecule has 0 spiro atoms. The number of amides is 2. The van der Waals surface area contributed by atoms with E-state index in [2.05, 4.69) is 0 Å². The number of anilines is 1. The molecule has 2 fully saturated rings. The lowest BCUT2D eigenvalue weighted by Gasteiger charge is -2.47. The Morgan fingerprint density at radius 2 is 1.71 bits per heavy atom. The van der Waals surface area contributed by atoms with Crippen molar-refractivity contribution < 1.29 is 19.8 Å². The average Bonchev–Trinajstić information content (AvgIpc) is 3.53. The van der Waals surface area contributed by atoms with E-state index in [1.165, 1.54) is 0 Å². The van der Waals surface area contributed by atoms with Crippen LogP contribution in [0.1, 0.15) is 54.1 Å². The number of nitrogens with zero attached hydrogens (tertiary/aromatic N) is 2. The number of hydrogen-bond donors (Lipinski definition) is 2. The van der Waals surface area contributed by atoms with Crippen molar-refractivity contribution in [2.75, 3.05) is 11.5 Å². The smallest absolute Gasteiger partial charge is 0.408 e. The fraction of sp³-hybridized carbons (Fsp3) is 0.440. The minimum Gasteiger partial charge on any atom is -0.465 e. The highest BCUT2D eigenvalue weighted by Crippen LogP contribution is 2.54. The topological polar surface area (TPSA) is 81.1 Å². The summed E-state index contributed by atoms with van der Waals surface area (Å²) in [5.74, 6) is 0.257. The Labute approximate surface area is 182 Å². The summed E-state index contributed by atoms with van der Waals surface area (Å²) in [6.45, 7) is 0.111. The molecule has 2 amide bonds. The molecule has 1 heterocycles. The molecule has 2 aliphatic carbocycles. The van der Waals surface area contributed by atoms with Crippen LogP contribution in [0, 0.1) is 11.8 Å². The number of carbonyl (C=O) groups is 2. The summed E-state index contributed by atoms with van der Waals surface area (Å²) in [7, 11) is 0. The van der Waals surface area contributed by atoms with Gasteiger partial charge in [-0.2, -0.15) is 0 Å². The molecule has 6 heteroatoms. The van der Waals surface area contributed by atoms with Crippen LogP contribution in [0.3, 0.4) is 0 Å². The summed E-state index contributed by atoms with van der Waals surface area (Å²) in [6, 6.07) is 16.8. The second-order valence-electron chi connectivity index (χ2n) is 9.05. The molecule has 6 nitrogen and oxygen atoms in total. The summed E-state index contributed by atoms with van der Waals surface area (Å²) in [5, 5.41) is 19.7. The Bertz CT molecular complexity index is 974. The van der Waals surface area contributed by atoms with Gasteiger partial charge in [0.05, 0.1) is 6.04 Å². The van der Waals surface area contributed by atoms with E-state index in [1.54, 1.807) is 4.90 Å². The monoisotopic (exact) mass is 420 g/mol. The Hall–Kier alpha value is -2.86. The molecule has 162 valence electrons. The zero-order chi connectivity index (χ0) is 21.5. The van der Waals surface area contributed by atoms with Gasteiger partial charge in [0.15, 0.2) is 0 Å². The Morgan fingerprint density at radius 1 is 1.00 bits per heavy atom. The lowest BCUT2D eigenvalue weighted by Crippen LogP contribution is -2.52. The molecular weight excluding hydrogens is 392 g/mol. The van der Waals surface area contributed by atoms with E-state index in [-0.39, 0.29) is 42.5 Å². The van der Waals surface area contributed by atoms with Gasteiger partial charge in [-0.25, -0.2) is 4.79 Å². The molecule has 1 aliphatic heterocycles. The summed E-state index contributed by atoms with van der Waals surface area (Å²) < 4.78 is 0. The Balaban J connectivity index is 1.63. The zero-order valence-electron chi connectivity index (χ0n) is 17.4. The largest absolute Gasteiger partial charge is 0.465 e. The van der Waals surface area contributed by atoms with Crippen molar-refractivity contribution in [3.05, 3.63) is 65.7 Å². The third-order valence-corrected chi connectivity index (χ3v) is 7.16. The van der Waals surface area contributed by atoms with Gasteiger partial charge < -0.3 is 15.1 Å². The van der Waals surface area contributed by atoms with Crippen LogP contribution in [0.4, 0.5) is 10.5 Å². The molecule has 31 heavy (non-hydrogen) atoms. The van der Waals surface area contributed by atoms with Crippen molar-refractivity contribution in [2.45, 2.75) is 50.2 Å². The van der Waals surface area contributed by atoms with E-state index < -0.39 is 6.09 Å². The first-order chi connectivity index (χ1) is 15.1. The molecule has 4 atom stereocenters. The molecule has 0 bridgehead atoms. The summed E-state index contributed by atoms with van der Waals surface area (Å²) in [6.07, 6.45) is 3.20. The molecule has 0 saturated heterocycles. The maximum Gasteiger partial charge on any atom is 0.408 e. The normalized spacial score (nSPS) is 26.8. The number of benzene rings is 2. The van der Waals surface area contributed by atoms with Gasteiger partial charge >= 0.3 is 6.09 Å². The number of hydrogen-bond acceptors (Lipinski definition) is 3. The Morgan fingerprint density at radius 3 is 2.39 bits per heavy atom.